The van der Waals surface area contributed by atoms with Crippen molar-refractivity contribution in [2.75, 3.05) is 25.6 Å². The summed E-state index contributed by atoms with van der Waals surface area (Å²) < 4.78 is 4.80. The lowest BCUT2D eigenvalue weighted by Gasteiger charge is -2.26. The number of ether oxygens (including phenoxy) is 1. The van der Waals surface area contributed by atoms with Crippen molar-refractivity contribution < 1.29 is 9.53 Å². The number of methoxy groups -OCH3 is 1. The standard InChI is InChI=1S/C15H22N2O2S/c1-9-13(14(18)19-3)20-15(16-9)17(2)8-12-7-10-4-5-11(12)6-10/h10-12H,4-8H2,1-3H3. The van der Waals surface area contributed by atoms with Gasteiger partial charge in [0.05, 0.1) is 12.8 Å². The highest BCUT2D eigenvalue weighted by Crippen LogP contribution is 2.48. The monoisotopic (exact) mass is 294 g/mol. The zero-order valence-corrected chi connectivity index (χ0v) is 13.2. The molecule has 0 spiro atoms. The second-order valence-electron chi connectivity index (χ2n) is 6.22. The summed E-state index contributed by atoms with van der Waals surface area (Å²) in [4.78, 5) is 19.0. The average molecular weight is 294 g/mol. The molecule has 0 radical (unpaired) electrons. The van der Waals surface area contributed by atoms with Crippen LogP contribution in [0.4, 0.5) is 5.13 Å². The van der Waals surface area contributed by atoms with Crippen molar-refractivity contribution in [2.24, 2.45) is 17.8 Å². The van der Waals surface area contributed by atoms with E-state index in [0.717, 1.165) is 35.1 Å². The molecule has 20 heavy (non-hydrogen) atoms. The molecular formula is C15H22N2O2S. The number of hydrogen-bond donors (Lipinski definition) is 0. The van der Waals surface area contributed by atoms with Crippen LogP contribution < -0.4 is 4.90 Å². The van der Waals surface area contributed by atoms with Crippen LogP contribution in [0.1, 0.15) is 41.0 Å². The smallest absolute Gasteiger partial charge is 0.350 e. The Morgan fingerprint density at radius 2 is 2.25 bits per heavy atom. The van der Waals surface area contributed by atoms with E-state index in [1.54, 1.807) is 0 Å². The van der Waals surface area contributed by atoms with Gasteiger partial charge < -0.3 is 9.64 Å². The summed E-state index contributed by atoms with van der Waals surface area (Å²) in [6, 6.07) is 0. The molecule has 3 atom stereocenters. The number of thiazole rings is 1. The quantitative estimate of drug-likeness (QED) is 0.800. The van der Waals surface area contributed by atoms with Crippen LogP contribution in [-0.4, -0.2) is 31.7 Å². The van der Waals surface area contributed by atoms with Gasteiger partial charge >= 0.3 is 5.97 Å². The van der Waals surface area contributed by atoms with Crippen molar-refractivity contribution in [2.45, 2.75) is 32.6 Å². The molecule has 4 nitrogen and oxygen atoms in total. The highest BCUT2D eigenvalue weighted by atomic mass is 32.1. The number of carbonyl (C=O) groups is 1. The van der Waals surface area contributed by atoms with Gasteiger partial charge in [-0.2, -0.15) is 0 Å². The van der Waals surface area contributed by atoms with E-state index in [0.29, 0.717) is 4.88 Å². The van der Waals surface area contributed by atoms with Crippen LogP contribution in [0.3, 0.4) is 0 Å². The van der Waals surface area contributed by atoms with Crippen molar-refractivity contribution in [1.82, 2.24) is 4.98 Å². The summed E-state index contributed by atoms with van der Waals surface area (Å²) in [7, 11) is 3.51. The molecule has 5 heteroatoms. The number of esters is 1. The first-order valence-electron chi connectivity index (χ1n) is 7.35. The fraction of sp³-hybridized carbons (Fsp3) is 0.733. The highest BCUT2D eigenvalue weighted by molar-refractivity contribution is 7.17. The second kappa shape index (κ2) is 5.35. The minimum absolute atomic E-state index is 0.278. The number of aromatic nitrogens is 1. The zero-order chi connectivity index (χ0) is 14.3. The van der Waals surface area contributed by atoms with Gasteiger partial charge in [-0.1, -0.05) is 17.8 Å². The van der Waals surface area contributed by atoms with E-state index in [4.69, 9.17) is 4.74 Å². The number of rotatable bonds is 4. The predicted molar refractivity (Wildman–Crippen MR) is 80.4 cm³/mol. The Morgan fingerprint density at radius 1 is 1.45 bits per heavy atom. The predicted octanol–water partition coefficient (Wildman–Crippen LogP) is 3.11. The molecule has 3 rings (SSSR count). The lowest BCUT2D eigenvalue weighted by molar-refractivity contribution is 0.0605. The molecule has 1 aromatic rings. The number of carbonyl (C=O) groups excluding carboxylic acids is 1. The topological polar surface area (TPSA) is 42.4 Å². The molecule has 0 aliphatic heterocycles. The highest BCUT2D eigenvalue weighted by Gasteiger charge is 2.39. The van der Waals surface area contributed by atoms with Gasteiger partial charge in [0.2, 0.25) is 0 Å². The van der Waals surface area contributed by atoms with Crippen LogP contribution in [0.25, 0.3) is 0 Å². The van der Waals surface area contributed by atoms with Crippen LogP contribution in [0.5, 0.6) is 0 Å². The molecule has 1 aromatic heterocycles. The maximum atomic E-state index is 11.6. The Bertz CT molecular complexity index is 514. The molecule has 0 aromatic carbocycles. The Labute approximate surface area is 124 Å². The van der Waals surface area contributed by atoms with Gasteiger partial charge in [-0.25, -0.2) is 9.78 Å². The Hall–Kier alpha value is -1.10. The van der Waals surface area contributed by atoms with E-state index in [2.05, 4.69) is 16.9 Å². The Kier molecular flexibility index (Phi) is 3.71. The summed E-state index contributed by atoms with van der Waals surface area (Å²) in [5.41, 5.74) is 0.775. The van der Waals surface area contributed by atoms with Crippen LogP contribution in [0.2, 0.25) is 0 Å². The molecular weight excluding hydrogens is 272 g/mol. The zero-order valence-electron chi connectivity index (χ0n) is 12.4. The van der Waals surface area contributed by atoms with E-state index in [-0.39, 0.29) is 5.97 Å². The van der Waals surface area contributed by atoms with E-state index < -0.39 is 0 Å². The SMILES string of the molecule is COC(=O)c1sc(N(C)CC2CC3CCC2C3)nc1C. The molecule has 0 amide bonds. The van der Waals surface area contributed by atoms with Crippen LogP contribution >= 0.6 is 11.3 Å². The van der Waals surface area contributed by atoms with Gasteiger partial charge in [-0.3, -0.25) is 0 Å². The minimum atomic E-state index is -0.278. The number of fused-ring (bicyclic) bond motifs is 2. The summed E-state index contributed by atoms with van der Waals surface area (Å²) in [5, 5.41) is 0.936. The van der Waals surface area contributed by atoms with E-state index in [1.165, 1.54) is 44.1 Å². The molecule has 2 aliphatic carbocycles. The molecule has 2 saturated carbocycles. The summed E-state index contributed by atoms with van der Waals surface area (Å²) in [6.45, 7) is 2.94. The maximum Gasteiger partial charge on any atom is 0.350 e. The first-order valence-corrected chi connectivity index (χ1v) is 8.17. The fourth-order valence-electron chi connectivity index (χ4n) is 3.86. The van der Waals surface area contributed by atoms with Crippen molar-refractivity contribution in [1.29, 1.82) is 0 Å². The summed E-state index contributed by atoms with van der Waals surface area (Å²) >= 11 is 1.44. The summed E-state index contributed by atoms with van der Waals surface area (Å²) in [5.74, 6) is 2.43. The van der Waals surface area contributed by atoms with Gasteiger partial charge in [0.15, 0.2) is 5.13 Å². The average Bonchev–Trinajstić information content (AvgIpc) is 3.12. The minimum Gasteiger partial charge on any atom is -0.465 e. The third-order valence-corrected chi connectivity index (χ3v) is 6.13. The van der Waals surface area contributed by atoms with E-state index in [1.807, 2.05) is 6.92 Å². The Morgan fingerprint density at radius 3 is 2.85 bits per heavy atom. The maximum absolute atomic E-state index is 11.6. The third-order valence-electron chi connectivity index (χ3n) is 4.88. The second-order valence-corrected chi connectivity index (χ2v) is 7.20. The van der Waals surface area contributed by atoms with Crippen molar-refractivity contribution in [3.05, 3.63) is 10.6 Å². The van der Waals surface area contributed by atoms with Gasteiger partial charge in [-0.15, -0.1) is 0 Å². The first-order chi connectivity index (χ1) is 9.58. The van der Waals surface area contributed by atoms with Crippen molar-refractivity contribution >= 4 is 22.4 Å². The third kappa shape index (κ3) is 2.43. The van der Waals surface area contributed by atoms with Gasteiger partial charge in [-0.05, 0) is 43.9 Å². The lowest BCUT2D eigenvalue weighted by Crippen LogP contribution is -2.28. The van der Waals surface area contributed by atoms with Gasteiger partial charge in [0.1, 0.15) is 4.88 Å². The van der Waals surface area contributed by atoms with E-state index >= 15 is 0 Å². The van der Waals surface area contributed by atoms with Crippen molar-refractivity contribution in [3.8, 4) is 0 Å². The molecule has 2 bridgehead atoms. The molecule has 1 heterocycles. The molecule has 2 aliphatic rings. The van der Waals surface area contributed by atoms with Gasteiger partial charge in [0.25, 0.3) is 0 Å². The van der Waals surface area contributed by atoms with Crippen LogP contribution in [0, 0.1) is 24.7 Å². The molecule has 3 unspecified atom stereocenters. The van der Waals surface area contributed by atoms with Crippen LogP contribution in [0.15, 0.2) is 0 Å². The molecule has 2 fully saturated rings. The van der Waals surface area contributed by atoms with E-state index in [9.17, 15) is 4.79 Å². The molecule has 110 valence electrons. The lowest BCUT2D eigenvalue weighted by atomic mass is 9.88. The Balaban J connectivity index is 1.68. The van der Waals surface area contributed by atoms with Crippen molar-refractivity contribution in [3.63, 3.8) is 0 Å². The number of anilines is 1. The number of hydrogen-bond acceptors (Lipinski definition) is 5. The normalized spacial score (nSPS) is 27.9. The first kappa shape index (κ1) is 13.9. The number of aryl methyl sites for hydroxylation is 1. The van der Waals surface area contributed by atoms with Gasteiger partial charge in [0, 0.05) is 13.6 Å². The fourth-order valence-corrected chi connectivity index (χ4v) is 4.81. The molecule has 0 saturated heterocycles. The number of nitrogens with zero attached hydrogens (tertiary/aromatic N) is 2. The largest absolute Gasteiger partial charge is 0.465 e. The molecule has 0 N–H and O–H groups in total. The van der Waals surface area contributed by atoms with Crippen LogP contribution in [-0.2, 0) is 4.74 Å². The summed E-state index contributed by atoms with van der Waals surface area (Å²) in [6.07, 6.45) is 5.66.